The Kier molecular flexibility index (Phi) is 8.41. The molecule has 0 amide bonds. The second kappa shape index (κ2) is 9.21. The van der Waals surface area contributed by atoms with E-state index in [-0.39, 0.29) is 12.8 Å². The Hall–Kier alpha value is -1.74. The summed E-state index contributed by atoms with van der Waals surface area (Å²) in [4.78, 5) is 24.0. The average molecular weight is 345 g/mol. The average Bonchev–Trinajstić information content (AvgIpc) is 2.43. The Morgan fingerprint density at radius 1 is 1.25 bits per heavy atom. The van der Waals surface area contributed by atoms with Gasteiger partial charge in [0.25, 0.3) is 0 Å². The zero-order chi connectivity index (χ0) is 15.6. The Morgan fingerprint density at radius 2 is 1.80 bits per heavy atom. The first-order valence-electron chi connectivity index (χ1n) is 5.61. The van der Waals surface area contributed by atoms with Crippen molar-refractivity contribution in [1.82, 2.24) is 0 Å². The molecule has 110 valence electrons. The topological polar surface area (TPSA) is 61.8 Å². The number of hydrogen-bond donors (Lipinski definition) is 0. The number of esters is 2. The fraction of sp³-hybridized carbons (Fsp3) is 0.429. The van der Waals surface area contributed by atoms with E-state index >= 15 is 0 Å². The molecule has 0 fully saturated rings. The molecule has 0 bridgehead atoms. The van der Waals surface area contributed by atoms with E-state index in [9.17, 15) is 9.59 Å². The highest BCUT2D eigenvalue weighted by atomic mass is 79.9. The molecule has 20 heavy (non-hydrogen) atoms. The van der Waals surface area contributed by atoms with Gasteiger partial charge in [0.15, 0.2) is 5.41 Å². The molecule has 0 unspecified atom stereocenters. The van der Waals surface area contributed by atoms with E-state index in [1.54, 1.807) is 0 Å². The summed E-state index contributed by atoms with van der Waals surface area (Å²) in [5, 5.41) is 0. The summed E-state index contributed by atoms with van der Waals surface area (Å²) in [6.07, 6.45) is 2.83. The van der Waals surface area contributed by atoms with Gasteiger partial charge in [0, 0.05) is 18.9 Å². The molecular weight excluding hydrogens is 328 g/mol. The molecule has 0 aromatic heterocycles. The molecule has 0 aliphatic rings. The quantitative estimate of drug-likeness (QED) is 0.320. The van der Waals surface area contributed by atoms with Gasteiger partial charge in [0.1, 0.15) is 0 Å². The summed E-state index contributed by atoms with van der Waals surface area (Å²) in [6.45, 7) is 3.65. The van der Waals surface area contributed by atoms with Gasteiger partial charge in [-0.2, -0.15) is 0 Å². The van der Waals surface area contributed by atoms with Gasteiger partial charge in [0.2, 0.25) is 0 Å². The Labute approximate surface area is 127 Å². The maximum atomic E-state index is 12.0. The largest absolute Gasteiger partial charge is 0.504 e. The summed E-state index contributed by atoms with van der Waals surface area (Å²) in [5.74, 6) is 3.95. The van der Waals surface area contributed by atoms with E-state index in [1.165, 1.54) is 33.7 Å². The number of rotatable bonds is 6. The lowest BCUT2D eigenvalue weighted by Gasteiger charge is -2.25. The molecule has 0 aromatic carbocycles. The molecule has 6 heteroatoms. The first-order chi connectivity index (χ1) is 9.44. The zero-order valence-corrected chi connectivity index (χ0v) is 13.3. The maximum absolute atomic E-state index is 12.0. The smallest absolute Gasteiger partial charge is 0.324 e. The van der Waals surface area contributed by atoms with Gasteiger partial charge >= 0.3 is 11.9 Å². The third kappa shape index (κ3) is 5.10. The first-order valence-corrected chi connectivity index (χ1v) is 6.40. The number of ether oxygens (including phenoxy) is 3. The minimum Gasteiger partial charge on any atom is -0.504 e. The van der Waals surface area contributed by atoms with Crippen molar-refractivity contribution < 1.29 is 23.8 Å². The van der Waals surface area contributed by atoms with Crippen LogP contribution in [0.15, 0.2) is 23.4 Å². The van der Waals surface area contributed by atoms with Gasteiger partial charge in [-0.25, -0.2) is 0 Å². The summed E-state index contributed by atoms with van der Waals surface area (Å²) >= 11 is 3.15. The Bertz CT molecular complexity index is 440. The van der Waals surface area contributed by atoms with Crippen molar-refractivity contribution in [1.29, 1.82) is 0 Å². The van der Waals surface area contributed by atoms with E-state index < -0.39 is 17.4 Å². The van der Waals surface area contributed by atoms with Crippen LogP contribution in [-0.2, 0) is 23.8 Å². The lowest BCUT2D eigenvalue weighted by Crippen LogP contribution is -2.41. The van der Waals surface area contributed by atoms with Crippen LogP contribution in [0.1, 0.15) is 12.8 Å². The zero-order valence-electron chi connectivity index (χ0n) is 11.7. The van der Waals surface area contributed by atoms with Crippen LogP contribution in [-0.4, -0.2) is 33.3 Å². The molecule has 0 aliphatic heterocycles. The maximum Gasteiger partial charge on any atom is 0.324 e. The van der Waals surface area contributed by atoms with Gasteiger partial charge in [-0.3, -0.25) is 9.59 Å². The van der Waals surface area contributed by atoms with E-state index in [2.05, 4.69) is 39.1 Å². The lowest BCUT2D eigenvalue weighted by molar-refractivity contribution is -0.168. The highest BCUT2D eigenvalue weighted by Gasteiger charge is 2.48. The van der Waals surface area contributed by atoms with Crippen LogP contribution in [0.5, 0.6) is 0 Å². The monoisotopic (exact) mass is 344 g/mol. The second-order valence-electron chi connectivity index (χ2n) is 3.80. The summed E-state index contributed by atoms with van der Waals surface area (Å²) in [7, 11) is 3.89. The van der Waals surface area contributed by atoms with Crippen LogP contribution < -0.4 is 0 Å². The third-order valence-corrected chi connectivity index (χ3v) is 2.71. The predicted octanol–water partition coefficient (Wildman–Crippen LogP) is 2.17. The summed E-state index contributed by atoms with van der Waals surface area (Å²) in [5.41, 5.74) is -1.53. The third-order valence-electron chi connectivity index (χ3n) is 2.43. The predicted molar refractivity (Wildman–Crippen MR) is 77.7 cm³/mol. The first kappa shape index (κ1) is 18.3. The molecule has 0 N–H and O–H groups in total. The Balaban J connectivity index is 5.42. The second-order valence-corrected chi connectivity index (χ2v) is 4.92. The number of halogens is 1. The van der Waals surface area contributed by atoms with Crippen molar-refractivity contribution in [3.63, 3.8) is 0 Å². The van der Waals surface area contributed by atoms with Gasteiger partial charge < -0.3 is 14.2 Å². The van der Waals surface area contributed by atoms with Crippen LogP contribution in [0.25, 0.3) is 0 Å². The number of allylic oxidation sites excluding steroid dienone is 2. The van der Waals surface area contributed by atoms with Gasteiger partial charge in [-0.15, -0.1) is 0 Å². The molecular formula is C14H17BrO5. The molecule has 0 heterocycles. The summed E-state index contributed by atoms with van der Waals surface area (Å²) < 4.78 is 14.6. The van der Waals surface area contributed by atoms with Gasteiger partial charge in [-0.1, -0.05) is 34.3 Å². The van der Waals surface area contributed by atoms with Crippen LogP contribution in [0, 0.1) is 17.3 Å². The van der Waals surface area contributed by atoms with Gasteiger partial charge in [0.05, 0.1) is 27.6 Å². The SMILES string of the molecule is C=C(Br)CC(CC#C/C=C/OC)(C(=O)OC)C(=O)OC. The Morgan fingerprint density at radius 3 is 2.20 bits per heavy atom. The molecule has 0 saturated heterocycles. The number of hydrogen-bond acceptors (Lipinski definition) is 5. The fourth-order valence-corrected chi connectivity index (χ4v) is 1.99. The van der Waals surface area contributed by atoms with Crippen LogP contribution in [0.3, 0.4) is 0 Å². The number of carbonyl (C=O) groups excluding carboxylic acids is 2. The van der Waals surface area contributed by atoms with Crippen LogP contribution in [0.2, 0.25) is 0 Å². The molecule has 0 atom stereocenters. The van der Waals surface area contributed by atoms with Crippen LogP contribution >= 0.6 is 15.9 Å². The molecule has 0 radical (unpaired) electrons. The van der Waals surface area contributed by atoms with E-state index in [0.717, 1.165) is 0 Å². The van der Waals surface area contributed by atoms with E-state index in [4.69, 9.17) is 9.47 Å². The van der Waals surface area contributed by atoms with Crippen molar-refractivity contribution in [2.75, 3.05) is 21.3 Å². The highest BCUT2D eigenvalue weighted by Crippen LogP contribution is 2.34. The molecule has 5 nitrogen and oxygen atoms in total. The van der Waals surface area contributed by atoms with Crippen LogP contribution in [0.4, 0.5) is 0 Å². The molecule has 0 spiro atoms. The van der Waals surface area contributed by atoms with Crippen molar-refractivity contribution in [3.8, 4) is 11.8 Å². The number of carbonyl (C=O) groups is 2. The van der Waals surface area contributed by atoms with Crippen molar-refractivity contribution in [2.45, 2.75) is 12.8 Å². The highest BCUT2D eigenvalue weighted by molar-refractivity contribution is 9.11. The van der Waals surface area contributed by atoms with Crippen molar-refractivity contribution >= 4 is 27.9 Å². The van der Waals surface area contributed by atoms with Crippen molar-refractivity contribution in [3.05, 3.63) is 23.4 Å². The summed E-state index contributed by atoms with van der Waals surface area (Å²) in [6, 6.07) is 0. The van der Waals surface area contributed by atoms with Gasteiger partial charge in [-0.05, 0) is 4.48 Å². The minimum absolute atomic E-state index is 0.0367. The normalized spacial score (nSPS) is 10.4. The minimum atomic E-state index is -1.53. The van der Waals surface area contributed by atoms with E-state index in [0.29, 0.717) is 4.48 Å². The standard InChI is InChI=1S/C14H17BrO5/c1-11(15)10-14(12(16)19-3,13(17)20-4)8-6-5-7-9-18-2/h7,9H,1,8,10H2,2-4H3/b9-7+. The van der Waals surface area contributed by atoms with E-state index in [1.807, 2.05) is 0 Å². The number of methoxy groups -OCH3 is 3. The fourth-order valence-electron chi connectivity index (χ4n) is 1.52. The molecule has 0 rings (SSSR count). The van der Waals surface area contributed by atoms with Crippen molar-refractivity contribution in [2.24, 2.45) is 5.41 Å². The molecule has 0 aromatic rings. The molecule has 0 aliphatic carbocycles. The lowest BCUT2D eigenvalue weighted by atomic mass is 9.81. The molecule has 0 saturated carbocycles.